The number of carbonyl (C=O) groups excluding carboxylic acids is 3. The van der Waals surface area contributed by atoms with Gasteiger partial charge in [0.2, 0.25) is 0 Å². The van der Waals surface area contributed by atoms with E-state index in [1.165, 1.54) is 36.4 Å². The summed E-state index contributed by atoms with van der Waals surface area (Å²) in [4.78, 5) is 39.4. The van der Waals surface area contributed by atoms with Crippen LogP contribution < -0.4 is 16.0 Å². The zero-order chi connectivity index (χ0) is 35.1. The SMILES string of the molecule is CCc1c(CNC(=O)c2ccc(O)c(O)c2)c(CC)c(CNC(=O)c2ccc(O)c(O)c2)c(CC)c1CNC(=O)c1ccc(O)c(O)c1. The van der Waals surface area contributed by atoms with Gasteiger partial charge in [-0.3, -0.25) is 14.4 Å². The van der Waals surface area contributed by atoms with Crippen LogP contribution >= 0.6 is 0 Å². The Bertz CT molecular complexity index is 1640. The highest BCUT2D eigenvalue weighted by Crippen LogP contribution is 2.32. The molecule has 3 amide bonds. The van der Waals surface area contributed by atoms with Crippen molar-refractivity contribution in [1.82, 2.24) is 16.0 Å². The number of rotatable bonds is 12. The predicted molar refractivity (Wildman–Crippen MR) is 177 cm³/mol. The van der Waals surface area contributed by atoms with Gasteiger partial charge in [-0.1, -0.05) is 20.8 Å². The summed E-state index contributed by atoms with van der Waals surface area (Å²) in [5.74, 6) is -3.82. The molecule has 0 radical (unpaired) electrons. The van der Waals surface area contributed by atoms with E-state index in [2.05, 4.69) is 16.0 Å². The summed E-state index contributed by atoms with van der Waals surface area (Å²) < 4.78 is 0. The predicted octanol–water partition coefficient (Wildman–Crippen LogP) is 4.40. The van der Waals surface area contributed by atoms with E-state index in [1.54, 1.807) is 0 Å². The van der Waals surface area contributed by atoms with Crippen molar-refractivity contribution in [2.75, 3.05) is 0 Å². The number of hydrogen-bond acceptors (Lipinski definition) is 9. The third-order valence-corrected chi connectivity index (χ3v) is 8.24. The topological polar surface area (TPSA) is 209 Å². The van der Waals surface area contributed by atoms with Crippen molar-refractivity contribution in [3.8, 4) is 34.5 Å². The minimum Gasteiger partial charge on any atom is -0.504 e. The van der Waals surface area contributed by atoms with Crippen LogP contribution in [0.1, 0.15) is 85.2 Å². The van der Waals surface area contributed by atoms with Crippen LogP contribution in [0.2, 0.25) is 0 Å². The van der Waals surface area contributed by atoms with Crippen LogP contribution in [0.5, 0.6) is 34.5 Å². The highest BCUT2D eigenvalue weighted by Gasteiger charge is 2.23. The first-order valence-corrected chi connectivity index (χ1v) is 15.5. The third kappa shape index (κ3) is 7.55. The number of aromatic hydroxyl groups is 6. The fourth-order valence-electron chi connectivity index (χ4n) is 5.82. The molecule has 0 aliphatic carbocycles. The van der Waals surface area contributed by atoms with Crippen LogP contribution in [0.25, 0.3) is 0 Å². The van der Waals surface area contributed by atoms with Crippen LogP contribution in [0.4, 0.5) is 0 Å². The number of phenols is 6. The van der Waals surface area contributed by atoms with Crippen molar-refractivity contribution >= 4 is 17.7 Å². The van der Waals surface area contributed by atoms with E-state index < -0.39 is 35.0 Å². The van der Waals surface area contributed by atoms with Crippen molar-refractivity contribution in [3.63, 3.8) is 0 Å². The Morgan fingerprint density at radius 2 is 0.667 bits per heavy atom. The molecule has 0 unspecified atom stereocenters. The maximum Gasteiger partial charge on any atom is 0.251 e. The Morgan fingerprint density at radius 1 is 0.417 bits per heavy atom. The van der Waals surface area contributed by atoms with Crippen molar-refractivity contribution in [2.45, 2.75) is 59.7 Å². The summed E-state index contributed by atoms with van der Waals surface area (Å²) in [6.07, 6.45) is 1.61. The van der Waals surface area contributed by atoms with Crippen molar-refractivity contribution in [1.29, 1.82) is 0 Å². The van der Waals surface area contributed by atoms with Crippen LogP contribution in [0, 0.1) is 0 Å². The van der Waals surface area contributed by atoms with Gasteiger partial charge in [0, 0.05) is 36.3 Å². The lowest BCUT2D eigenvalue weighted by atomic mass is 9.83. The molecule has 0 aliphatic rings. The zero-order valence-corrected chi connectivity index (χ0v) is 26.8. The van der Waals surface area contributed by atoms with Gasteiger partial charge in [0.15, 0.2) is 34.5 Å². The van der Waals surface area contributed by atoms with Crippen LogP contribution in [0.3, 0.4) is 0 Å². The Balaban J connectivity index is 1.75. The summed E-state index contributed by atoms with van der Waals surface area (Å²) in [6, 6.07) is 11.3. The Morgan fingerprint density at radius 3 is 0.875 bits per heavy atom. The minimum absolute atomic E-state index is 0.0797. The number of nitrogens with one attached hydrogen (secondary N) is 3. The van der Waals surface area contributed by atoms with Gasteiger partial charge in [-0.2, -0.15) is 0 Å². The lowest BCUT2D eigenvalue weighted by Crippen LogP contribution is -2.30. The third-order valence-electron chi connectivity index (χ3n) is 8.24. The molecule has 0 atom stereocenters. The summed E-state index contributed by atoms with van der Waals surface area (Å²) in [7, 11) is 0. The average molecular weight is 658 g/mol. The van der Waals surface area contributed by atoms with Gasteiger partial charge >= 0.3 is 0 Å². The van der Waals surface area contributed by atoms with E-state index in [9.17, 15) is 45.0 Å². The van der Waals surface area contributed by atoms with Crippen LogP contribution in [-0.4, -0.2) is 48.4 Å². The van der Waals surface area contributed by atoms with Crippen LogP contribution in [0.15, 0.2) is 54.6 Å². The summed E-state index contributed by atoms with van der Waals surface area (Å²) >= 11 is 0. The Labute approximate surface area is 277 Å². The molecular weight excluding hydrogens is 618 g/mol. The largest absolute Gasteiger partial charge is 0.504 e. The molecule has 0 aromatic heterocycles. The fraction of sp³-hybridized carbons (Fsp3) is 0.250. The molecule has 9 N–H and O–H groups in total. The van der Waals surface area contributed by atoms with Crippen molar-refractivity contribution in [3.05, 3.63) is 105 Å². The quantitative estimate of drug-likeness (QED) is 0.0988. The molecule has 4 aromatic carbocycles. The Kier molecular flexibility index (Phi) is 11.0. The van der Waals surface area contributed by atoms with E-state index in [4.69, 9.17) is 0 Å². The van der Waals surface area contributed by atoms with E-state index in [1.807, 2.05) is 20.8 Å². The zero-order valence-electron chi connectivity index (χ0n) is 26.8. The first-order chi connectivity index (χ1) is 22.9. The molecule has 0 aliphatic heterocycles. The molecule has 4 rings (SSSR count). The molecule has 0 bridgehead atoms. The maximum atomic E-state index is 13.1. The van der Waals surface area contributed by atoms with Gasteiger partial charge < -0.3 is 46.6 Å². The summed E-state index contributed by atoms with van der Waals surface area (Å²) in [6.45, 7) is 6.11. The first kappa shape index (κ1) is 35.0. The number of carbonyl (C=O) groups is 3. The van der Waals surface area contributed by atoms with Gasteiger partial charge in [-0.25, -0.2) is 0 Å². The first-order valence-electron chi connectivity index (χ1n) is 15.5. The Hall–Kier alpha value is -5.91. The van der Waals surface area contributed by atoms with Crippen molar-refractivity contribution in [2.24, 2.45) is 0 Å². The molecular formula is C36H39N3O9. The molecule has 0 heterocycles. The lowest BCUT2D eigenvalue weighted by Gasteiger charge is -2.27. The molecule has 0 saturated heterocycles. The highest BCUT2D eigenvalue weighted by atomic mass is 16.3. The number of amides is 3. The summed E-state index contributed by atoms with van der Waals surface area (Å²) in [5.41, 5.74) is 5.49. The van der Waals surface area contributed by atoms with E-state index in [0.29, 0.717) is 19.3 Å². The molecule has 12 heteroatoms. The molecule has 0 fully saturated rings. The molecule has 252 valence electrons. The molecule has 12 nitrogen and oxygen atoms in total. The smallest absolute Gasteiger partial charge is 0.251 e. The van der Waals surface area contributed by atoms with E-state index in [0.717, 1.165) is 51.6 Å². The van der Waals surface area contributed by atoms with Crippen molar-refractivity contribution < 1.29 is 45.0 Å². The number of hydrogen-bond donors (Lipinski definition) is 9. The normalized spacial score (nSPS) is 10.8. The van der Waals surface area contributed by atoms with E-state index >= 15 is 0 Å². The molecule has 0 spiro atoms. The summed E-state index contributed by atoms with van der Waals surface area (Å²) in [5, 5.41) is 67.4. The fourth-order valence-corrected chi connectivity index (χ4v) is 5.82. The van der Waals surface area contributed by atoms with Gasteiger partial charge in [-0.15, -0.1) is 0 Å². The number of benzene rings is 4. The minimum atomic E-state index is -0.488. The molecule has 48 heavy (non-hydrogen) atoms. The monoisotopic (exact) mass is 657 g/mol. The second-order valence-electron chi connectivity index (χ2n) is 11.1. The van der Waals surface area contributed by atoms with Gasteiger partial charge in [0.25, 0.3) is 17.7 Å². The standard InChI is InChI=1S/C36H39N3O9/c1-4-22-25(16-37-34(46)19-7-10-28(40)31(43)13-19)23(5-2)27(18-39-36(48)21-9-12-30(42)33(45)15-21)24(6-3)26(22)17-38-35(47)20-8-11-29(41)32(44)14-20/h7-15,40-45H,4-6,16-18H2,1-3H3,(H,37,46)(H,38,47)(H,39,48). The molecule has 0 saturated carbocycles. The molecule has 4 aromatic rings. The second kappa shape index (κ2) is 15.1. The van der Waals surface area contributed by atoms with Gasteiger partial charge in [0.1, 0.15) is 0 Å². The average Bonchev–Trinajstić information content (AvgIpc) is 3.07. The lowest BCUT2D eigenvalue weighted by molar-refractivity contribution is 0.0943. The van der Waals surface area contributed by atoms with E-state index in [-0.39, 0.29) is 53.6 Å². The number of phenolic OH excluding ortho intramolecular Hbond substituents is 6. The second-order valence-corrected chi connectivity index (χ2v) is 11.1. The van der Waals surface area contributed by atoms with Gasteiger partial charge in [-0.05, 0) is 107 Å². The highest BCUT2D eigenvalue weighted by molar-refractivity contribution is 5.96. The maximum absolute atomic E-state index is 13.1. The van der Waals surface area contributed by atoms with Crippen LogP contribution in [-0.2, 0) is 38.9 Å². The van der Waals surface area contributed by atoms with Gasteiger partial charge in [0.05, 0.1) is 0 Å².